The molecular formula is C19H29ClN2O4. The smallest absolute Gasteiger partial charge is 0.233 e. The van der Waals surface area contributed by atoms with Gasteiger partial charge in [-0.05, 0) is 30.5 Å². The number of methoxy groups -OCH3 is 1. The normalized spacial score (nSPS) is 17.4. The topological polar surface area (TPSA) is 68.8 Å². The lowest BCUT2D eigenvalue weighted by atomic mass is 9.69. The Labute approximate surface area is 161 Å². The van der Waals surface area contributed by atoms with Crippen LogP contribution in [0.3, 0.4) is 0 Å². The summed E-state index contributed by atoms with van der Waals surface area (Å²) < 4.78 is 15.9. The van der Waals surface area contributed by atoms with E-state index < -0.39 is 0 Å². The van der Waals surface area contributed by atoms with Crippen LogP contribution in [-0.4, -0.2) is 46.1 Å². The van der Waals surface area contributed by atoms with Crippen LogP contribution in [0.5, 0.6) is 11.5 Å². The Morgan fingerprint density at radius 1 is 1.19 bits per heavy atom. The number of hydrogen-bond acceptors (Lipinski definition) is 5. The number of nitrogens with one attached hydrogen (secondary N) is 2. The predicted molar refractivity (Wildman–Crippen MR) is 102 cm³/mol. The lowest BCUT2D eigenvalue weighted by Gasteiger charge is -2.38. The molecule has 1 saturated carbocycles. The Morgan fingerprint density at radius 2 is 1.96 bits per heavy atom. The molecule has 3 rings (SSSR count). The van der Waals surface area contributed by atoms with E-state index >= 15 is 0 Å². The Morgan fingerprint density at radius 3 is 2.73 bits per heavy atom. The fourth-order valence-corrected chi connectivity index (χ4v) is 3.73. The molecule has 1 aromatic rings. The molecule has 1 aliphatic heterocycles. The number of fused-ring (bicyclic) bond motifs is 1. The molecule has 0 bridgehead atoms. The molecule has 7 heteroatoms. The Bertz CT molecular complexity index is 591. The molecule has 0 spiro atoms. The maximum atomic E-state index is 12.2. The van der Waals surface area contributed by atoms with Gasteiger partial charge in [0.05, 0.1) is 13.2 Å². The standard InChI is InChI=1S/C19H28N2O4.ClH/c1-23-10-9-20-12-18(22)21-13-19(7-3-2-4-8-19)15-5-6-16-17(11-15)25-14-24-16;/h5-6,11,20H,2-4,7-10,12-14H2,1H3,(H,21,22);1H. The van der Waals surface area contributed by atoms with Crippen LogP contribution in [0, 0.1) is 0 Å². The van der Waals surface area contributed by atoms with Gasteiger partial charge in [-0.3, -0.25) is 4.79 Å². The van der Waals surface area contributed by atoms with E-state index in [1.54, 1.807) is 7.11 Å². The maximum Gasteiger partial charge on any atom is 0.233 e. The predicted octanol–water partition coefficient (Wildman–Crippen LogP) is 2.39. The monoisotopic (exact) mass is 384 g/mol. The molecular weight excluding hydrogens is 356 g/mol. The summed E-state index contributed by atoms with van der Waals surface area (Å²) in [4.78, 5) is 12.2. The average molecular weight is 385 g/mol. The number of hydrogen-bond donors (Lipinski definition) is 2. The molecule has 0 atom stereocenters. The van der Waals surface area contributed by atoms with Gasteiger partial charge in [-0.2, -0.15) is 0 Å². The molecule has 2 aliphatic rings. The van der Waals surface area contributed by atoms with Gasteiger partial charge >= 0.3 is 0 Å². The van der Waals surface area contributed by atoms with Crippen LogP contribution in [-0.2, 0) is 14.9 Å². The highest BCUT2D eigenvalue weighted by molar-refractivity contribution is 5.85. The zero-order chi connectivity index (χ0) is 17.5. The third-order valence-electron chi connectivity index (χ3n) is 5.19. The second-order valence-electron chi connectivity index (χ2n) is 6.86. The summed E-state index contributed by atoms with van der Waals surface area (Å²) in [6.45, 7) is 2.55. The second kappa shape index (κ2) is 10.00. The third kappa shape index (κ3) is 5.02. The molecule has 0 unspecified atom stereocenters. The number of halogens is 1. The van der Waals surface area contributed by atoms with E-state index in [1.807, 2.05) is 6.07 Å². The van der Waals surface area contributed by atoms with Crippen molar-refractivity contribution in [1.29, 1.82) is 0 Å². The Kier molecular flexibility index (Phi) is 8.00. The van der Waals surface area contributed by atoms with E-state index in [0.29, 0.717) is 26.2 Å². The summed E-state index contributed by atoms with van der Waals surface area (Å²) in [6, 6.07) is 6.21. The average Bonchev–Trinajstić information content (AvgIpc) is 3.12. The van der Waals surface area contributed by atoms with Gasteiger partial charge in [0.2, 0.25) is 12.7 Å². The second-order valence-corrected chi connectivity index (χ2v) is 6.86. The zero-order valence-corrected chi connectivity index (χ0v) is 16.2. The largest absolute Gasteiger partial charge is 0.454 e. The lowest BCUT2D eigenvalue weighted by molar-refractivity contribution is -0.120. The van der Waals surface area contributed by atoms with Gasteiger partial charge in [0.15, 0.2) is 11.5 Å². The fraction of sp³-hybridized carbons (Fsp3) is 0.632. The van der Waals surface area contributed by atoms with Crippen molar-refractivity contribution in [2.75, 3.05) is 40.1 Å². The molecule has 1 aliphatic carbocycles. The molecule has 0 radical (unpaired) electrons. The van der Waals surface area contributed by atoms with Gasteiger partial charge in [0, 0.05) is 25.6 Å². The fourth-order valence-electron chi connectivity index (χ4n) is 3.73. The summed E-state index contributed by atoms with van der Waals surface area (Å²) in [6.07, 6.45) is 5.82. The first-order valence-corrected chi connectivity index (χ1v) is 9.10. The molecule has 0 saturated heterocycles. The summed E-state index contributed by atoms with van der Waals surface area (Å²) in [5, 5.41) is 6.21. The van der Waals surface area contributed by atoms with Gasteiger partial charge in [-0.1, -0.05) is 25.3 Å². The highest BCUT2D eigenvalue weighted by Crippen LogP contribution is 2.43. The van der Waals surface area contributed by atoms with Crippen LogP contribution in [0.4, 0.5) is 0 Å². The van der Waals surface area contributed by atoms with Crippen molar-refractivity contribution in [3.63, 3.8) is 0 Å². The van der Waals surface area contributed by atoms with Crippen molar-refractivity contribution in [2.24, 2.45) is 0 Å². The lowest BCUT2D eigenvalue weighted by Crippen LogP contribution is -2.45. The molecule has 1 fully saturated rings. The Balaban J connectivity index is 0.00000243. The van der Waals surface area contributed by atoms with Gasteiger partial charge < -0.3 is 24.8 Å². The first-order valence-electron chi connectivity index (χ1n) is 9.10. The molecule has 1 aromatic carbocycles. The molecule has 0 aromatic heterocycles. The third-order valence-corrected chi connectivity index (χ3v) is 5.19. The first-order chi connectivity index (χ1) is 12.2. The Hall–Kier alpha value is -1.50. The number of carbonyl (C=O) groups excluding carboxylic acids is 1. The summed E-state index contributed by atoms with van der Waals surface area (Å²) in [7, 11) is 1.65. The van der Waals surface area contributed by atoms with Crippen LogP contribution < -0.4 is 20.1 Å². The summed E-state index contributed by atoms with van der Waals surface area (Å²) in [5.74, 6) is 1.65. The van der Waals surface area contributed by atoms with Crippen molar-refractivity contribution in [3.8, 4) is 11.5 Å². The number of amides is 1. The number of benzene rings is 1. The van der Waals surface area contributed by atoms with Gasteiger partial charge in [-0.25, -0.2) is 0 Å². The van der Waals surface area contributed by atoms with E-state index in [-0.39, 0.29) is 30.5 Å². The van der Waals surface area contributed by atoms with Crippen LogP contribution in [0.2, 0.25) is 0 Å². The van der Waals surface area contributed by atoms with Crippen LogP contribution in [0.25, 0.3) is 0 Å². The van der Waals surface area contributed by atoms with E-state index in [2.05, 4.69) is 22.8 Å². The zero-order valence-electron chi connectivity index (χ0n) is 15.3. The van der Waals surface area contributed by atoms with Crippen molar-refractivity contribution in [2.45, 2.75) is 37.5 Å². The molecule has 1 heterocycles. The molecule has 2 N–H and O–H groups in total. The number of rotatable bonds is 8. The van der Waals surface area contributed by atoms with Crippen molar-refractivity contribution in [3.05, 3.63) is 23.8 Å². The SMILES string of the molecule is COCCNCC(=O)NCC1(c2ccc3c(c2)OCO3)CCCCC1.Cl. The maximum absolute atomic E-state index is 12.2. The van der Waals surface area contributed by atoms with Crippen molar-refractivity contribution < 1.29 is 19.0 Å². The van der Waals surface area contributed by atoms with E-state index in [0.717, 1.165) is 24.3 Å². The minimum atomic E-state index is -0.0125. The van der Waals surface area contributed by atoms with Gasteiger partial charge in [-0.15, -0.1) is 12.4 Å². The minimum absolute atomic E-state index is 0. The van der Waals surface area contributed by atoms with Gasteiger partial charge in [0.25, 0.3) is 0 Å². The van der Waals surface area contributed by atoms with E-state index in [9.17, 15) is 4.79 Å². The van der Waals surface area contributed by atoms with E-state index in [1.165, 1.54) is 24.8 Å². The molecule has 1 amide bonds. The minimum Gasteiger partial charge on any atom is -0.454 e. The highest BCUT2D eigenvalue weighted by atomic mass is 35.5. The summed E-state index contributed by atoms with van der Waals surface area (Å²) >= 11 is 0. The van der Waals surface area contributed by atoms with Crippen molar-refractivity contribution in [1.82, 2.24) is 10.6 Å². The van der Waals surface area contributed by atoms with Crippen LogP contribution in [0.1, 0.15) is 37.7 Å². The number of ether oxygens (including phenoxy) is 3. The molecule has 26 heavy (non-hydrogen) atoms. The first kappa shape index (κ1) is 20.8. The quantitative estimate of drug-likeness (QED) is 0.673. The molecule has 6 nitrogen and oxygen atoms in total. The number of carbonyl (C=O) groups is 1. The van der Waals surface area contributed by atoms with E-state index in [4.69, 9.17) is 14.2 Å². The molecule has 146 valence electrons. The van der Waals surface area contributed by atoms with Crippen molar-refractivity contribution >= 4 is 18.3 Å². The van der Waals surface area contributed by atoms with Crippen LogP contribution >= 0.6 is 12.4 Å². The van der Waals surface area contributed by atoms with Gasteiger partial charge in [0.1, 0.15) is 0 Å². The highest BCUT2D eigenvalue weighted by Gasteiger charge is 2.35. The van der Waals surface area contributed by atoms with Crippen LogP contribution in [0.15, 0.2) is 18.2 Å². The summed E-state index contributed by atoms with van der Waals surface area (Å²) in [5.41, 5.74) is 1.23.